The number of nitrogens with zero attached hydrogens (tertiary/aromatic N) is 2. The van der Waals surface area contributed by atoms with Crippen LogP contribution >= 0.6 is 11.3 Å². The second kappa shape index (κ2) is 8.47. The molecule has 28 heavy (non-hydrogen) atoms. The molecule has 3 aromatic rings. The SMILES string of the molecule is C.CN(C)C1CCCN(C/C=C/c2c(O)ccc3[nH]c(=O)c4sccc4c23)C1. The molecule has 1 fully saturated rings. The van der Waals surface area contributed by atoms with Gasteiger partial charge < -0.3 is 15.0 Å². The van der Waals surface area contributed by atoms with E-state index in [0.717, 1.165) is 41.5 Å². The molecule has 0 aliphatic carbocycles. The van der Waals surface area contributed by atoms with Gasteiger partial charge in [0.15, 0.2) is 0 Å². The van der Waals surface area contributed by atoms with Gasteiger partial charge in [-0.05, 0) is 57.1 Å². The summed E-state index contributed by atoms with van der Waals surface area (Å²) in [6.45, 7) is 3.04. The molecule has 0 saturated carbocycles. The number of piperidine rings is 1. The zero-order valence-electron chi connectivity index (χ0n) is 15.7. The monoisotopic (exact) mass is 399 g/mol. The number of hydrogen-bond acceptors (Lipinski definition) is 5. The molecule has 0 amide bonds. The van der Waals surface area contributed by atoms with E-state index in [9.17, 15) is 9.90 Å². The summed E-state index contributed by atoms with van der Waals surface area (Å²) in [7, 11) is 4.29. The van der Waals surface area contributed by atoms with Crippen molar-refractivity contribution < 1.29 is 5.11 Å². The molecule has 5 nitrogen and oxygen atoms in total. The van der Waals surface area contributed by atoms with Crippen LogP contribution in [0, 0.1) is 0 Å². The van der Waals surface area contributed by atoms with Gasteiger partial charge in [0.05, 0.1) is 0 Å². The van der Waals surface area contributed by atoms with Crippen LogP contribution in [0.2, 0.25) is 0 Å². The first-order valence-electron chi connectivity index (χ1n) is 9.35. The van der Waals surface area contributed by atoms with E-state index in [0.29, 0.717) is 10.7 Å². The maximum Gasteiger partial charge on any atom is 0.266 e. The van der Waals surface area contributed by atoms with Gasteiger partial charge in [-0.15, -0.1) is 11.3 Å². The number of benzene rings is 1. The average Bonchev–Trinajstić information content (AvgIpc) is 3.14. The molecule has 1 aromatic carbocycles. The summed E-state index contributed by atoms with van der Waals surface area (Å²) in [6.07, 6.45) is 6.58. The minimum absolute atomic E-state index is 0. The Bertz CT molecular complexity index is 1050. The molecule has 0 bridgehead atoms. The number of phenolic OH excluding ortho intramolecular Hbond substituents is 1. The molecule has 1 unspecified atom stereocenters. The van der Waals surface area contributed by atoms with E-state index in [1.807, 2.05) is 17.5 Å². The van der Waals surface area contributed by atoms with Gasteiger partial charge in [0, 0.05) is 41.0 Å². The molecule has 150 valence electrons. The number of aromatic nitrogens is 1. The molecule has 3 heterocycles. The molecule has 6 heteroatoms. The Labute approximate surface area is 169 Å². The van der Waals surface area contributed by atoms with Crippen LogP contribution in [0.25, 0.3) is 27.1 Å². The summed E-state index contributed by atoms with van der Waals surface area (Å²) in [5, 5.41) is 14.2. The van der Waals surface area contributed by atoms with Crippen molar-refractivity contribution >= 4 is 38.4 Å². The van der Waals surface area contributed by atoms with Crippen LogP contribution in [0.1, 0.15) is 25.8 Å². The third kappa shape index (κ3) is 3.85. The number of hydrogen-bond donors (Lipinski definition) is 2. The van der Waals surface area contributed by atoms with Gasteiger partial charge in [-0.3, -0.25) is 9.69 Å². The first kappa shape index (κ1) is 20.6. The predicted molar refractivity (Wildman–Crippen MR) is 121 cm³/mol. The molecule has 1 aliphatic heterocycles. The number of rotatable bonds is 4. The minimum atomic E-state index is -0.0730. The fraction of sp³-hybridized carbons (Fsp3) is 0.409. The molecule has 4 rings (SSSR count). The van der Waals surface area contributed by atoms with Crippen LogP contribution < -0.4 is 5.56 Å². The summed E-state index contributed by atoms with van der Waals surface area (Å²) in [6, 6.07) is 5.99. The van der Waals surface area contributed by atoms with E-state index in [1.54, 1.807) is 12.1 Å². The highest BCUT2D eigenvalue weighted by molar-refractivity contribution is 7.17. The van der Waals surface area contributed by atoms with Crippen LogP contribution in [-0.2, 0) is 0 Å². The second-order valence-electron chi connectivity index (χ2n) is 7.46. The van der Waals surface area contributed by atoms with Crippen molar-refractivity contribution in [3.63, 3.8) is 0 Å². The summed E-state index contributed by atoms with van der Waals surface area (Å²) in [5.41, 5.74) is 1.46. The smallest absolute Gasteiger partial charge is 0.266 e. The number of H-pyrrole nitrogens is 1. The summed E-state index contributed by atoms with van der Waals surface area (Å²) < 4.78 is 0.701. The van der Waals surface area contributed by atoms with Gasteiger partial charge in [-0.2, -0.15) is 0 Å². The lowest BCUT2D eigenvalue weighted by molar-refractivity contribution is 0.144. The maximum absolute atomic E-state index is 12.2. The number of aromatic amines is 1. The second-order valence-corrected chi connectivity index (χ2v) is 8.38. The molecule has 1 atom stereocenters. The Kier molecular flexibility index (Phi) is 6.23. The quantitative estimate of drug-likeness (QED) is 0.693. The lowest BCUT2D eigenvalue weighted by Gasteiger charge is -2.35. The predicted octanol–water partition coefficient (Wildman–Crippen LogP) is 4.12. The van der Waals surface area contributed by atoms with Crippen LogP contribution in [-0.4, -0.2) is 59.7 Å². The van der Waals surface area contributed by atoms with Crippen LogP contribution in [0.4, 0.5) is 0 Å². The van der Waals surface area contributed by atoms with E-state index in [1.165, 1.54) is 24.2 Å². The Morgan fingerprint density at radius 1 is 1.36 bits per heavy atom. The highest BCUT2D eigenvalue weighted by Crippen LogP contribution is 2.33. The number of fused-ring (bicyclic) bond motifs is 3. The highest BCUT2D eigenvalue weighted by Gasteiger charge is 2.20. The molecule has 2 N–H and O–H groups in total. The van der Waals surface area contributed by atoms with Gasteiger partial charge in [-0.25, -0.2) is 0 Å². The van der Waals surface area contributed by atoms with Crippen molar-refractivity contribution in [1.82, 2.24) is 14.8 Å². The van der Waals surface area contributed by atoms with Crippen molar-refractivity contribution in [3.8, 4) is 5.75 Å². The summed E-state index contributed by atoms with van der Waals surface area (Å²) in [4.78, 5) is 19.9. The average molecular weight is 400 g/mol. The summed E-state index contributed by atoms with van der Waals surface area (Å²) >= 11 is 1.43. The third-order valence-corrected chi connectivity index (χ3v) is 6.38. The van der Waals surface area contributed by atoms with Crippen molar-refractivity contribution in [3.05, 3.63) is 45.6 Å². The number of phenols is 1. The minimum Gasteiger partial charge on any atom is -0.507 e. The van der Waals surface area contributed by atoms with Crippen LogP contribution in [0.5, 0.6) is 5.75 Å². The topological polar surface area (TPSA) is 59.6 Å². The Morgan fingerprint density at radius 2 is 2.18 bits per heavy atom. The van der Waals surface area contributed by atoms with Crippen molar-refractivity contribution in [2.24, 2.45) is 0 Å². The number of aromatic hydroxyl groups is 1. The third-order valence-electron chi connectivity index (χ3n) is 5.47. The van der Waals surface area contributed by atoms with Crippen molar-refractivity contribution in [2.75, 3.05) is 33.7 Å². The van der Waals surface area contributed by atoms with E-state index in [-0.39, 0.29) is 18.7 Å². The zero-order chi connectivity index (χ0) is 19.0. The molecule has 1 aliphatic rings. The van der Waals surface area contributed by atoms with Crippen molar-refractivity contribution in [1.29, 1.82) is 0 Å². The lowest BCUT2D eigenvalue weighted by atomic mass is 10.0. The van der Waals surface area contributed by atoms with Crippen LogP contribution in [0.3, 0.4) is 0 Å². The van der Waals surface area contributed by atoms with Gasteiger partial charge in [0.1, 0.15) is 10.4 Å². The highest BCUT2D eigenvalue weighted by atomic mass is 32.1. The number of likely N-dealkylation sites (N-methyl/N-ethyl adjacent to an activating group) is 1. The number of thiophene rings is 1. The fourth-order valence-corrected chi connectivity index (χ4v) is 4.77. The van der Waals surface area contributed by atoms with Gasteiger partial charge in [0.2, 0.25) is 0 Å². The van der Waals surface area contributed by atoms with E-state index in [2.05, 4.69) is 35.0 Å². The maximum atomic E-state index is 12.2. The number of nitrogens with one attached hydrogen (secondary N) is 1. The normalized spacial score (nSPS) is 18.3. The summed E-state index contributed by atoms with van der Waals surface area (Å²) in [5.74, 6) is 0.239. The van der Waals surface area contributed by atoms with Crippen molar-refractivity contribution in [2.45, 2.75) is 26.3 Å². The van der Waals surface area contributed by atoms with Gasteiger partial charge in [0.25, 0.3) is 5.56 Å². The van der Waals surface area contributed by atoms with Gasteiger partial charge >= 0.3 is 0 Å². The molecular weight excluding hydrogens is 370 g/mol. The first-order chi connectivity index (χ1) is 13.0. The molecule has 0 radical (unpaired) electrons. The fourth-order valence-electron chi connectivity index (χ4n) is 3.97. The van der Waals surface area contributed by atoms with Crippen LogP contribution in [0.15, 0.2) is 34.4 Å². The Hall–Kier alpha value is -2.15. The molecule has 2 aromatic heterocycles. The molecular formula is C22H29N3O2S. The van der Waals surface area contributed by atoms with E-state index < -0.39 is 0 Å². The van der Waals surface area contributed by atoms with E-state index >= 15 is 0 Å². The molecule has 1 saturated heterocycles. The standard InChI is InChI=1S/C21H25N3O2S.CH4/c1-23(2)14-5-3-10-24(13-14)11-4-6-15-18(25)8-7-17-19(15)16-9-12-27-20(16)21(26)22-17;/h4,6-9,12,14,25H,3,5,10-11,13H2,1-2H3,(H,22,26);1H4/b6-4+;. The largest absolute Gasteiger partial charge is 0.507 e. The van der Waals surface area contributed by atoms with E-state index in [4.69, 9.17) is 0 Å². The Morgan fingerprint density at radius 3 is 2.96 bits per heavy atom. The zero-order valence-corrected chi connectivity index (χ0v) is 16.6. The number of pyridine rings is 1. The Balaban J connectivity index is 0.00000225. The first-order valence-corrected chi connectivity index (χ1v) is 10.2. The molecule has 0 spiro atoms. The van der Waals surface area contributed by atoms with Gasteiger partial charge in [-0.1, -0.05) is 19.6 Å². The lowest BCUT2D eigenvalue weighted by Crippen LogP contribution is -2.45. The number of likely N-dealkylation sites (tertiary alicyclic amines) is 1.